The number of aryl methyl sites for hydroxylation is 1. The molecule has 0 spiro atoms. The van der Waals surface area contributed by atoms with Gasteiger partial charge in [0.25, 0.3) is 0 Å². The number of rotatable bonds is 1. The maximum Gasteiger partial charge on any atom is 0.0848 e. The van der Waals surface area contributed by atoms with Gasteiger partial charge in [-0.2, -0.15) is 5.10 Å². The fourth-order valence-corrected chi connectivity index (χ4v) is 2.05. The number of halogens is 2. The van der Waals surface area contributed by atoms with Gasteiger partial charge < -0.3 is 0 Å². The molecule has 78 valence electrons. The summed E-state index contributed by atoms with van der Waals surface area (Å²) in [6, 6.07) is 7.94. The van der Waals surface area contributed by atoms with Crippen LogP contribution in [-0.4, -0.2) is 9.78 Å². The fourth-order valence-electron chi connectivity index (χ4n) is 1.48. The molecule has 1 heterocycles. The molecule has 0 saturated carbocycles. The van der Waals surface area contributed by atoms with Crippen LogP contribution < -0.4 is 0 Å². The Balaban J connectivity index is 2.65. The smallest absolute Gasteiger partial charge is 0.0848 e. The van der Waals surface area contributed by atoms with Crippen LogP contribution in [0.4, 0.5) is 0 Å². The predicted molar refractivity (Wildman–Crippen MR) is 65.7 cm³/mol. The molecule has 2 rings (SSSR count). The van der Waals surface area contributed by atoms with Crippen LogP contribution >= 0.6 is 27.5 Å². The van der Waals surface area contributed by atoms with E-state index in [1.54, 1.807) is 0 Å². The molecule has 2 nitrogen and oxygen atoms in total. The monoisotopic (exact) mass is 284 g/mol. The Morgan fingerprint density at radius 2 is 1.93 bits per heavy atom. The second-order valence-electron chi connectivity index (χ2n) is 3.35. The second kappa shape index (κ2) is 3.99. The zero-order valence-corrected chi connectivity index (χ0v) is 10.8. The molecule has 1 aromatic carbocycles. The molecule has 0 aliphatic rings. The van der Waals surface area contributed by atoms with E-state index in [4.69, 9.17) is 11.6 Å². The third-order valence-corrected chi connectivity index (χ3v) is 3.50. The predicted octanol–water partition coefficient (Wildman–Crippen LogP) is 3.91. The van der Waals surface area contributed by atoms with E-state index in [1.165, 1.54) is 0 Å². The summed E-state index contributed by atoms with van der Waals surface area (Å²) in [5.41, 5.74) is 2.82. The van der Waals surface area contributed by atoms with Crippen molar-refractivity contribution in [3.05, 3.63) is 45.1 Å². The summed E-state index contributed by atoms with van der Waals surface area (Å²) in [5.74, 6) is 0. The van der Waals surface area contributed by atoms with Crippen LogP contribution in [-0.2, 0) is 0 Å². The van der Waals surface area contributed by atoms with Gasteiger partial charge in [-0.1, -0.05) is 23.7 Å². The number of hydrogen-bond donors (Lipinski definition) is 0. The molecular formula is C11H10BrClN2. The van der Waals surface area contributed by atoms with Gasteiger partial charge in [0.1, 0.15) is 0 Å². The van der Waals surface area contributed by atoms with Crippen molar-refractivity contribution in [3.8, 4) is 5.69 Å². The molecular weight excluding hydrogens is 275 g/mol. The molecule has 1 aromatic heterocycles. The van der Waals surface area contributed by atoms with E-state index < -0.39 is 0 Å². The van der Waals surface area contributed by atoms with E-state index in [2.05, 4.69) is 21.0 Å². The van der Waals surface area contributed by atoms with Crippen LogP contribution in [0.25, 0.3) is 5.69 Å². The molecule has 0 aliphatic heterocycles. The van der Waals surface area contributed by atoms with Crippen LogP contribution in [0.2, 0.25) is 5.02 Å². The molecule has 0 N–H and O–H groups in total. The highest BCUT2D eigenvalue weighted by atomic mass is 79.9. The van der Waals surface area contributed by atoms with Crippen LogP contribution in [0.3, 0.4) is 0 Å². The highest BCUT2D eigenvalue weighted by molar-refractivity contribution is 9.10. The van der Waals surface area contributed by atoms with Crippen LogP contribution in [0.1, 0.15) is 11.4 Å². The average molecular weight is 286 g/mol. The Morgan fingerprint density at radius 1 is 1.27 bits per heavy atom. The molecule has 0 atom stereocenters. The molecule has 0 fully saturated rings. The minimum Gasteiger partial charge on any atom is -0.235 e. The normalized spacial score (nSPS) is 10.7. The minimum absolute atomic E-state index is 0.728. The van der Waals surface area contributed by atoms with Gasteiger partial charge in [-0.15, -0.1) is 0 Å². The van der Waals surface area contributed by atoms with Crippen LogP contribution in [0, 0.1) is 13.8 Å². The molecule has 2 aromatic rings. The Labute approximate surface area is 102 Å². The molecule has 15 heavy (non-hydrogen) atoms. The minimum atomic E-state index is 0.728. The number of para-hydroxylation sites is 1. The zero-order chi connectivity index (χ0) is 11.0. The van der Waals surface area contributed by atoms with Crippen molar-refractivity contribution in [1.29, 1.82) is 0 Å². The lowest BCUT2D eigenvalue weighted by Gasteiger charge is -2.06. The van der Waals surface area contributed by atoms with E-state index in [0.29, 0.717) is 0 Å². The SMILES string of the molecule is Cc1nn(-c2ccccc2Br)c(C)c1Cl. The van der Waals surface area contributed by atoms with Crippen molar-refractivity contribution < 1.29 is 0 Å². The van der Waals surface area contributed by atoms with Crippen molar-refractivity contribution in [1.82, 2.24) is 9.78 Å². The topological polar surface area (TPSA) is 17.8 Å². The highest BCUT2D eigenvalue weighted by Crippen LogP contribution is 2.26. The van der Waals surface area contributed by atoms with Gasteiger partial charge in [-0.05, 0) is 41.9 Å². The first-order valence-corrected chi connectivity index (χ1v) is 5.75. The van der Waals surface area contributed by atoms with Crippen LogP contribution in [0.15, 0.2) is 28.7 Å². The van der Waals surface area contributed by atoms with Crippen molar-refractivity contribution >= 4 is 27.5 Å². The van der Waals surface area contributed by atoms with E-state index in [-0.39, 0.29) is 0 Å². The van der Waals surface area contributed by atoms with Crippen molar-refractivity contribution in [2.24, 2.45) is 0 Å². The van der Waals surface area contributed by atoms with E-state index in [0.717, 1.165) is 26.6 Å². The van der Waals surface area contributed by atoms with Gasteiger partial charge in [0.15, 0.2) is 0 Å². The Bertz CT molecular complexity index is 505. The average Bonchev–Trinajstić information content (AvgIpc) is 2.47. The summed E-state index contributed by atoms with van der Waals surface area (Å²) in [5, 5.41) is 5.12. The summed E-state index contributed by atoms with van der Waals surface area (Å²) in [6.07, 6.45) is 0. The molecule has 0 radical (unpaired) electrons. The first-order chi connectivity index (χ1) is 7.11. The summed E-state index contributed by atoms with van der Waals surface area (Å²) in [6.45, 7) is 3.87. The van der Waals surface area contributed by atoms with E-state index in [9.17, 15) is 0 Å². The van der Waals surface area contributed by atoms with Gasteiger partial charge in [-0.3, -0.25) is 0 Å². The van der Waals surface area contributed by atoms with Crippen molar-refractivity contribution in [2.45, 2.75) is 13.8 Å². The van der Waals surface area contributed by atoms with Gasteiger partial charge in [0, 0.05) is 4.47 Å². The molecule has 0 aliphatic carbocycles. The lowest BCUT2D eigenvalue weighted by Crippen LogP contribution is -1.99. The van der Waals surface area contributed by atoms with Crippen molar-refractivity contribution in [2.75, 3.05) is 0 Å². The molecule has 0 amide bonds. The second-order valence-corrected chi connectivity index (χ2v) is 4.58. The van der Waals surface area contributed by atoms with Crippen molar-refractivity contribution in [3.63, 3.8) is 0 Å². The number of hydrogen-bond acceptors (Lipinski definition) is 1. The lowest BCUT2D eigenvalue weighted by atomic mass is 10.3. The maximum atomic E-state index is 6.10. The van der Waals surface area contributed by atoms with Crippen LogP contribution in [0.5, 0.6) is 0 Å². The third-order valence-electron chi connectivity index (χ3n) is 2.28. The summed E-state index contributed by atoms with van der Waals surface area (Å²) < 4.78 is 2.86. The first-order valence-electron chi connectivity index (χ1n) is 4.58. The number of nitrogens with zero attached hydrogens (tertiary/aromatic N) is 2. The largest absolute Gasteiger partial charge is 0.235 e. The van der Waals surface area contributed by atoms with Gasteiger partial charge in [0.2, 0.25) is 0 Å². The lowest BCUT2D eigenvalue weighted by molar-refractivity contribution is 0.830. The molecule has 0 saturated heterocycles. The standard InChI is InChI=1S/C11H10BrClN2/c1-7-11(13)8(2)15(14-7)10-6-4-3-5-9(10)12/h3-6H,1-2H3. The summed E-state index contributed by atoms with van der Waals surface area (Å²) in [4.78, 5) is 0. The van der Waals surface area contributed by atoms with E-state index in [1.807, 2.05) is 42.8 Å². The summed E-state index contributed by atoms with van der Waals surface area (Å²) in [7, 11) is 0. The maximum absolute atomic E-state index is 6.10. The Kier molecular flexibility index (Phi) is 2.85. The fraction of sp³-hybridized carbons (Fsp3) is 0.182. The molecule has 4 heteroatoms. The van der Waals surface area contributed by atoms with Gasteiger partial charge in [0.05, 0.1) is 22.1 Å². The number of aromatic nitrogens is 2. The van der Waals surface area contributed by atoms with E-state index >= 15 is 0 Å². The van der Waals surface area contributed by atoms with Gasteiger partial charge >= 0.3 is 0 Å². The number of benzene rings is 1. The van der Waals surface area contributed by atoms with Gasteiger partial charge in [-0.25, -0.2) is 4.68 Å². The third kappa shape index (κ3) is 1.82. The molecule has 0 unspecified atom stereocenters. The quantitative estimate of drug-likeness (QED) is 0.777. The first kappa shape index (κ1) is 10.7. The Hall–Kier alpha value is -0.800. The summed E-state index contributed by atoms with van der Waals surface area (Å²) >= 11 is 9.60. The molecule has 0 bridgehead atoms. The zero-order valence-electron chi connectivity index (χ0n) is 8.46. The Morgan fingerprint density at radius 3 is 2.47 bits per heavy atom. The highest BCUT2D eigenvalue weighted by Gasteiger charge is 2.11.